The van der Waals surface area contributed by atoms with E-state index in [-0.39, 0.29) is 6.04 Å². The molecule has 74 valence electrons. The molecular weight excluding hydrogens is 196 g/mol. The van der Waals surface area contributed by atoms with Crippen molar-refractivity contribution in [3.8, 4) is 0 Å². The van der Waals surface area contributed by atoms with Gasteiger partial charge in [0.15, 0.2) is 0 Å². The molecule has 0 fully saturated rings. The lowest BCUT2D eigenvalue weighted by Crippen LogP contribution is -2.15. The van der Waals surface area contributed by atoms with E-state index in [1.807, 2.05) is 12.1 Å². The summed E-state index contributed by atoms with van der Waals surface area (Å²) in [4.78, 5) is 5.15. The van der Waals surface area contributed by atoms with Gasteiger partial charge in [-0.25, -0.2) is 4.98 Å². The maximum Gasteiger partial charge on any atom is 0.143 e. The van der Waals surface area contributed by atoms with Crippen molar-refractivity contribution in [1.82, 2.24) is 9.36 Å². The first-order chi connectivity index (χ1) is 6.83. The molecule has 2 aromatic rings. The summed E-state index contributed by atoms with van der Waals surface area (Å²) in [7, 11) is 0. The van der Waals surface area contributed by atoms with Crippen molar-refractivity contribution in [2.24, 2.45) is 11.5 Å². The standard InChI is InChI=1S/C9H12N4S/c10-4-3-7(11)8-6-2-1-5-12-9(6)14-13-8/h1-2,5,7H,3-4,10-11H2. The fourth-order valence-electron chi connectivity index (χ4n) is 1.38. The van der Waals surface area contributed by atoms with Crippen LogP contribution in [0.25, 0.3) is 10.2 Å². The van der Waals surface area contributed by atoms with E-state index in [2.05, 4.69) is 9.36 Å². The first-order valence-corrected chi connectivity index (χ1v) is 5.26. The Bertz CT molecular complexity index is 425. The van der Waals surface area contributed by atoms with Crippen molar-refractivity contribution in [2.45, 2.75) is 12.5 Å². The van der Waals surface area contributed by atoms with Gasteiger partial charge in [0.1, 0.15) is 4.83 Å². The molecule has 0 aliphatic heterocycles. The largest absolute Gasteiger partial charge is 0.330 e. The van der Waals surface area contributed by atoms with E-state index in [0.29, 0.717) is 6.54 Å². The molecular formula is C9H12N4S. The van der Waals surface area contributed by atoms with E-state index in [1.165, 1.54) is 11.5 Å². The predicted octanol–water partition coefficient (Wildman–Crippen LogP) is 1.04. The predicted molar refractivity (Wildman–Crippen MR) is 58.0 cm³/mol. The summed E-state index contributed by atoms with van der Waals surface area (Å²) in [6.45, 7) is 0.584. The SMILES string of the molecule is NCCC(N)c1nsc2ncccc12. The van der Waals surface area contributed by atoms with Crippen molar-refractivity contribution in [2.75, 3.05) is 6.54 Å². The minimum absolute atomic E-state index is 0.0713. The Kier molecular flexibility index (Phi) is 2.72. The lowest BCUT2D eigenvalue weighted by molar-refractivity contribution is 0.654. The molecule has 5 heteroatoms. The van der Waals surface area contributed by atoms with Crippen LogP contribution in [0.5, 0.6) is 0 Å². The van der Waals surface area contributed by atoms with Gasteiger partial charge in [0.05, 0.1) is 5.69 Å². The van der Waals surface area contributed by atoms with Gasteiger partial charge < -0.3 is 11.5 Å². The summed E-state index contributed by atoms with van der Waals surface area (Å²) in [5.41, 5.74) is 12.3. The number of nitrogens with two attached hydrogens (primary N) is 2. The van der Waals surface area contributed by atoms with Crippen molar-refractivity contribution in [1.29, 1.82) is 0 Å². The Morgan fingerprint density at radius 3 is 3.14 bits per heavy atom. The van der Waals surface area contributed by atoms with E-state index in [9.17, 15) is 0 Å². The second-order valence-electron chi connectivity index (χ2n) is 3.11. The van der Waals surface area contributed by atoms with Gasteiger partial charge >= 0.3 is 0 Å². The third-order valence-corrected chi connectivity index (χ3v) is 2.89. The summed E-state index contributed by atoms with van der Waals surface area (Å²) in [6, 6.07) is 3.82. The Morgan fingerprint density at radius 1 is 1.50 bits per heavy atom. The maximum atomic E-state index is 5.95. The molecule has 14 heavy (non-hydrogen) atoms. The molecule has 2 aromatic heterocycles. The molecule has 0 saturated heterocycles. The lowest BCUT2D eigenvalue weighted by Gasteiger charge is -2.06. The van der Waals surface area contributed by atoms with Crippen molar-refractivity contribution in [3.05, 3.63) is 24.0 Å². The fraction of sp³-hybridized carbons (Fsp3) is 0.333. The minimum Gasteiger partial charge on any atom is -0.330 e. The molecule has 0 aliphatic carbocycles. The molecule has 0 aliphatic rings. The van der Waals surface area contributed by atoms with E-state index in [4.69, 9.17) is 11.5 Å². The average Bonchev–Trinajstić information content (AvgIpc) is 2.61. The van der Waals surface area contributed by atoms with Crippen LogP contribution in [0.15, 0.2) is 18.3 Å². The summed E-state index contributed by atoms with van der Waals surface area (Å²) < 4.78 is 4.31. The molecule has 0 bridgehead atoms. The molecule has 2 heterocycles. The highest BCUT2D eigenvalue weighted by atomic mass is 32.1. The topological polar surface area (TPSA) is 77.8 Å². The van der Waals surface area contributed by atoms with Gasteiger partial charge in [-0.1, -0.05) is 0 Å². The van der Waals surface area contributed by atoms with E-state index >= 15 is 0 Å². The average molecular weight is 208 g/mol. The van der Waals surface area contributed by atoms with E-state index in [1.54, 1.807) is 6.20 Å². The number of hydrogen-bond acceptors (Lipinski definition) is 5. The molecule has 0 saturated carbocycles. The number of rotatable bonds is 3. The summed E-state index contributed by atoms with van der Waals surface area (Å²) in [5.74, 6) is 0. The van der Waals surface area contributed by atoms with Crippen molar-refractivity contribution >= 4 is 21.7 Å². The quantitative estimate of drug-likeness (QED) is 0.790. The molecule has 2 rings (SSSR count). The summed E-state index contributed by atoms with van der Waals surface area (Å²) in [5, 5.41) is 1.05. The Hall–Kier alpha value is -1.04. The van der Waals surface area contributed by atoms with Crippen molar-refractivity contribution in [3.63, 3.8) is 0 Å². The first kappa shape index (κ1) is 9.51. The number of fused-ring (bicyclic) bond motifs is 1. The highest BCUT2D eigenvalue weighted by Gasteiger charge is 2.12. The zero-order valence-electron chi connectivity index (χ0n) is 7.68. The normalized spacial score (nSPS) is 13.3. The number of aromatic nitrogens is 2. The lowest BCUT2D eigenvalue weighted by atomic mass is 10.1. The van der Waals surface area contributed by atoms with Crippen LogP contribution in [-0.4, -0.2) is 15.9 Å². The van der Waals surface area contributed by atoms with Gasteiger partial charge in [0.2, 0.25) is 0 Å². The molecule has 0 radical (unpaired) electrons. The van der Waals surface area contributed by atoms with Crippen molar-refractivity contribution < 1.29 is 0 Å². The monoisotopic (exact) mass is 208 g/mol. The van der Waals surface area contributed by atoms with Gasteiger partial charge in [-0.3, -0.25) is 0 Å². The number of nitrogens with zero attached hydrogens (tertiary/aromatic N) is 2. The van der Waals surface area contributed by atoms with Crippen LogP contribution >= 0.6 is 11.5 Å². The van der Waals surface area contributed by atoms with Gasteiger partial charge in [-0.2, -0.15) is 4.37 Å². The molecule has 0 aromatic carbocycles. The van der Waals surface area contributed by atoms with Crippen LogP contribution in [0.4, 0.5) is 0 Å². The van der Waals surface area contributed by atoms with Crippen LogP contribution in [-0.2, 0) is 0 Å². The van der Waals surface area contributed by atoms with E-state index in [0.717, 1.165) is 22.3 Å². The molecule has 1 unspecified atom stereocenters. The third kappa shape index (κ3) is 1.61. The molecule has 0 spiro atoms. The van der Waals surface area contributed by atoms with Gasteiger partial charge in [-0.05, 0) is 36.6 Å². The molecule has 1 atom stereocenters. The fourth-order valence-corrected chi connectivity index (χ4v) is 2.18. The third-order valence-electron chi connectivity index (χ3n) is 2.11. The molecule has 4 N–H and O–H groups in total. The molecule has 4 nitrogen and oxygen atoms in total. The summed E-state index contributed by atoms with van der Waals surface area (Å²) >= 11 is 1.39. The zero-order chi connectivity index (χ0) is 9.97. The smallest absolute Gasteiger partial charge is 0.143 e. The van der Waals surface area contributed by atoms with Crippen LogP contribution in [0.3, 0.4) is 0 Å². The maximum absolute atomic E-state index is 5.95. The summed E-state index contributed by atoms with van der Waals surface area (Å²) in [6.07, 6.45) is 2.52. The Morgan fingerprint density at radius 2 is 2.36 bits per heavy atom. The highest BCUT2D eigenvalue weighted by molar-refractivity contribution is 7.12. The molecule has 0 amide bonds. The van der Waals surface area contributed by atoms with Crippen LogP contribution < -0.4 is 11.5 Å². The van der Waals surface area contributed by atoms with Gasteiger partial charge in [-0.15, -0.1) is 0 Å². The zero-order valence-corrected chi connectivity index (χ0v) is 8.50. The van der Waals surface area contributed by atoms with Crippen LogP contribution in [0, 0.1) is 0 Å². The Labute approximate surface area is 86.1 Å². The first-order valence-electron chi connectivity index (χ1n) is 4.49. The number of hydrogen-bond donors (Lipinski definition) is 2. The second-order valence-corrected chi connectivity index (χ2v) is 3.86. The van der Waals surface area contributed by atoms with Gasteiger partial charge in [0.25, 0.3) is 0 Å². The minimum atomic E-state index is -0.0713. The van der Waals surface area contributed by atoms with Crippen LogP contribution in [0.1, 0.15) is 18.2 Å². The Balaban J connectivity index is 2.42. The van der Waals surface area contributed by atoms with Crippen LogP contribution in [0.2, 0.25) is 0 Å². The number of pyridine rings is 1. The van der Waals surface area contributed by atoms with Gasteiger partial charge in [0, 0.05) is 17.6 Å². The highest BCUT2D eigenvalue weighted by Crippen LogP contribution is 2.25. The van der Waals surface area contributed by atoms with E-state index < -0.39 is 0 Å². The second kappa shape index (κ2) is 4.00.